The maximum Gasteiger partial charge on any atom is 0.262 e. The number of amides is 1. The minimum absolute atomic E-state index is 0.000980. The van der Waals surface area contributed by atoms with Gasteiger partial charge in [-0.25, -0.2) is 9.97 Å². The second-order valence-electron chi connectivity index (χ2n) is 7.88. The molecular formula is C23H22N4O2S2. The summed E-state index contributed by atoms with van der Waals surface area (Å²) in [7, 11) is 0. The van der Waals surface area contributed by atoms with Crippen molar-refractivity contribution in [3.63, 3.8) is 0 Å². The molecule has 5 rings (SSSR count). The van der Waals surface area contributed by atoms with Crippen molar-refractivity contribution in [2.75, 3.05) is 4.90 Å². The molecule has 0 fully saturated rings. The van der Waals surface area contributed by atoms with Crippen LogP contribution in [-0.2, 0) is 24.2 Å². The number of anilines is 2. The minimum Gasteiger partial charge on any atom is -0.293 e. The average Bonchev–Trinajstić information content (AvgIpc) is 3.35. The van der Waals surface area contributed by atoms with Gasteiger partial charge in [-0.3, -0.25) is 19.1 Å². The summed E-state index contributed by atoms with van der Waals surface area (Å²) in [5.74, 6) is -0.100. The third-order valence-corrected chi connectivity index (χ3v) is 7.65. The van der Waals surface area contributed by atoms with Crippen LogP contribution in [0.1, 0.15) is 41.5 Å². The van der Waals surface area contributed by atoms with Gasteiger partial charge in [0.15, 0.2) is 5.13 Å². The van der Waals surface area contributed by atoms with Crippen LogP contribution < -0.4 is 10.5 Å². The molecule has 31 heavy (non-hydrogen) atoms. The molecule has 1 aliphatic rings. The van der Waals surface area contributed by atoms with Gasteiger partial charge in [-0.05, 0) is 55.9 Å². The van der Waals surface area contributed by atoms with E-state index in [-0.39, 0.29) is 11.5 Å². The SMILES string of the molecule is CC(=O)N(c1cccc(C)c1)c1nc(Cn2cnc3sc4c(c3c2=O)CCCC4)cs1. The average molecular weight is 451 g/mol. The Hall–Kier alpha value is -2.84. The second kappa shape index (κ2) is 8.01. The monoisotopic (exact) mass is 450 g/mol. The van der Waals surface area contributed by atoms with Crippen molar-refractivity contribution in [3.05, 3.63) is 68.0 Å². The zero-order valence-corrected chi connectivity index (χ0v) is 19.1. The van der Waals surface area contributed by atoms with Gasteiger partial charge in [-0.2, -0.15) is 0 Å². The fourth-order valence-corrected chi connectivity index (χ4v) is 6.23. The Balaban J connectivity index is 1.48. The number of aromatic nitrogens is 3. The van der Waals surface area contributed by atoms with E-state index in [1.807, 2.05) is 36.6 Å². The number of benzene rings is 1. The molecule has 1 aliphatic carbocycles. The molecule has 0 aliphatic heterocycles. The number of fused-ring (bicyclic) bond motifs is 3. The third kappa shape index (κ3) is 3.70. The largest absolute Gasteiger partial charge is 0.293 e. The number of rotatable bonds is 4. The molecule has 1 amide bonds. The lowest BCUT2D eigenvalue weighted by molar-refractivity contribution is -0.115. The van der Waals surface area contributed by atoms with E-state index in [2.05, 4.69) is 9.97 Å². The molecule has 0 radical (unpaired) electrons. The van der Waals surface area contributed by atoms with Crippen LogP contribution in [0.3, 0.4) is 0 Å². The molecule has 0 saturated heterocycles. The maximum absolute atomic E-state index is 13.2. The fraction of sp³-hybridized carbons (Fsp3) is 0.304. The molecule has 0 saturated carbocycles. The van der Waals surface area contributed by atoms with Gasteiger partial charge in [0.05, 0.1) is 29.6 Å². The van der Waals surface area contributed by atoms with Crippen LogP contribution in [0.5, 0.6) is 0 Å². The van der Waals surface area contributed by atoms with Crippen LogP contribution in [0.25, 0.3) is 10.2 Å². The maximum atomic E-state index is 13.2. The first kappa shape index (κ1) is 20.1. The number of aryl methyl sites for hydroxylation is 3. The Kier molecular flexibility index (Phi) is 5.19. The molecule has 3 aromatic heterocycles. The summed E-state index contributed by atoms with van der Waals surface area (Å²) in [4.78, 5) is 38.6. The Labute approximate surface area is 187 Å². The second-order valence-corrected chi connectivity index (χ2v) is 9.80. The van der Waals surface area contributed by atoms with Crippen molar-refractivity contribution in [1.29, 1.82) is 0 Å². The molecule has 4 aromatic rings. The predicted molar refractivity (Wildman–Crippen MR) is 126 cm³/mol. The number of carbonyl (C=O) groups excluding carboxylic acids is 1. The number of nitrogens with zero attached hydrogens (tertiary/aromatic N) is 4. The summed E-state index contributed by atoms with van der Waals surface area (Å²) in [5.41, 5.74) is 3.80. The van der Waals surface area contributed by atoms with E-state index >= 15 is 0 Å². The smallest absolute Gasteiger partial charge is 0.262 e. The minimum atomic E-state index is -0.100. The lowest BCUT2D eigenvalue weighted by Crippen LogP contribution is -2.23. The summed E-state index contributed by atoms with van der Waals surface area (Å²) in [6.45, 7) is 3.86. The molecule has 0 spiro atoms. The van der Waals surface area contributed by atoms with Crippen molar-refractivity contribution in [2.45, 2.75) is 46.1 Å². The van der Waals surface area contributed by atoms with E-state index in [1.165, 1.54) is 35.1 Å². The number of hydrogen-bond acceptors (Lipinski definition) is 6. The van der Waals surface area contributed by atoms with Crippen molar-refractivity contribution < 1.29 is 4.79 Å². The summed E-state index contributed by atoms with van der Waals surface area (Å²) in [6, 6.07) is 7.78. The zero-order valence-electron chi connectivity index (χ0n) is 17.4. The van der Waals surface area contributed by atoms with E-state index in [0.29, 0.717) is 11.7 Å². The highest BCUT2D eigenvalue weighted by Gasteiger charge is 2.21. The van der Waals surface area contributed by atoms with E-state index in [9.17, 15) is 9.59 Å². The van der Waals surface area contributed by atoms with Gasteiger partial charge in [-0.15, -0.1) is 22.7 Å². The quantitative estimate of drug-likeness (QED) is 0.446. The number of hydrogen-bond donors (Lipinski definition) is 0. The number of carbonyl (C=O) groups is 1. The van der Waals surface area contributed by atoms with Crippen molar-refractivity contribution in [1.82, 2.24) is 14.5 Å². The first-order valence-corrected chi connectivity index (χ1v) is 12.0. The topological polar surface area (TPSA) is 68.1 Å². The molecule has 8 heteroatoms. The predicted octanol–water partition coefficient (Wildman–Crippen LogP) is 4.83. The normalized spacial score (nSPS) is 13.4. The van der Waals surface area contributed by atoms with Crippen LogP contribution in [-0.4, -0.2) is 20.4 Å². The highest BCUT2D eigenvalue weighted by Crippen LogP contribution is 2.33. The van der Waals surface area contributed by atoms with E-state index in [4.69, 9.17) is 0 Å². The molecule has 0 N–H and O–H groups in total. The fourth-order valence-electron chi connectivity index (χ4n) is 4.13. The number of thiophene rings is 1. The van der Waals surface area contributed by atoms with Crippen molar-refractivity contribution in [3.8, 4) is 0 Å². The zero-order chi connectivity index (χ0) is 21.5. The summed E-state index contributed by atoms with van der Waals surface area (Å²) >= 11 is 3.06. The molecule has 1 aromatic carbocycles. The first-order chi connectivity index (χ1) is 15.0. The lowest BCUT2D eigenvalue weighted by Gasteiger charge is -2.18. The van der Waals surface area contributed by atoms with Gasteiger partial charge >= 0.3 is 0 Å². The van der Waals surface area contributed by atoms with Crippen molar-refractivity contribution >= 4 is 49.6 Å². The Morgan fingerprint density at radius 2 is 2.10 bits per heavy atom. The Bertz CT molecular complexity index is 1350. The lowest BCUT2D eigenvalue weighted by atomic mass is 9.97. The standard InChI is InChI=1S/C23H22N4O2S2/c1-14-6-5-7-17(10-14)27(15(2)28)23-25-16(12-30-23)11-26-13-24-21-20(22(26)29)18-8-3-4-9-19(18)31-21/h5-7,10,12-13H,3-4,8-9,11H2,1-2H3. The molecular weight excluding hydrogens is 428 g/mol. The van der Waals surface area contributed by atoms with E-state index in [0.717, 1.165) is 46.4 Å². The third-order valence-electron chi connectivity index (χ3n) is 5.58. The number of thiazole rings is 1. The summed E-state index contributed by atoms with van der Waals surface area (Å²) < 4.78 is 1.63. The molecule has 158 valence electrons. The van der Waals surface area contributed by atoms with Gasteiger partial charge < -0.3 is 0 Å². The molecule has 3 heterocycles. The van der Waals surface area contributed by atoms with Gasteiger partial charge in [0.1, 0.15) is 4.83 Å². The Morgan fingerprint density at radius 3 is 2.90 bits per heavy atom. The molecule has 0 atom stereocenters. The summed E-state index contributed by atoms with van der Waals surface area (Å²) in [5, 5.41) is 3.28. The Morgan fingerprint density at radius 1 is 1.26 bits per heavy atom. The first-order valence-electron chi connectivity index (χ1n) is 10.3. The molecule has 0 unspecified atom stereocenters. The van der Waals surface area contributed by atoms with Gasteiger partial charge in [0.25, 0.3) is 5.56 Å². The van der Waals surface area contributed by atoms with Gasteiger partial charge in [0, 0.05) is 17.2 Å². The summed E-state index contributed by atoms with van der Waals surface area (Å²) in [6.07, 6.45) is 5.94. The van der Waals surface area contributed by atoms with Crippen LogP contribution >= 0.6 is 22.7 Å². The van der Waals surface area contributed by atoms with Gasteiger partial charge in [-0.1, -0.05) is 12.1 Å². The molecule has 0 bridgehead atoms. The molecule has 6 nitrogen and oxygen atoms in total. The van der Waals surface area contributed by atoms with Crippen LogP contribution in [0, 0.1) is 6.92 Å². The highest BCUT2D eigenvalue weighted by atomic mass is 32.1. The van der Waals surface area contributed by atoms with E-state index in [1.54, 1.807) is 27.1 Å². The van der Waals surface area contributed by atoms with Crippen LogP contribution in [0.4, 0.5) is 10.8 Å². The van der Waals surface area contributed by atoms with Crippen molar-refractivity contribution in [2.24, 2.45) is 0 Å². The van der Waals surface area contributed by atoms with Crippen LogP contribution in [0.2, 0.25) is 0 Å². The highest BCUT2D eigenvalue weighted by molar-refractivity contribution is 7.18. The van der Waals surface area contributed by atoms with Crippen LogP contribution in [0.15, 0.2) is 40.8 Å². The van der Waals surface area contributed by atoms with E-state index < -0.39 is 0 Å². The van der Waals surface area contributed by atoms with Gasteiger partial charge in [0.2, 0.25) is 5.91 Å².